The molecule has 0 saturated carbocycles. The second-order valence-corrected chi connectivity index (χ2v) is 7.34. The monoisotopic (exact) mass is 267 g/mol. The van der Waals surface area contributed by atoms with E-state index in [0.717, 1.165) is 37.1 Å². The van der Waals surface area contributed by atoms with Crippen LogP contribution in [-0.4, -0.2) is 27.3 Å². The van der Waals surface area contributed by atoms with Crippen molar-refractivity contribution in [1.29, 1.82) is 0 Å². The van der Waals surface area contributed by atoms with Gasteiger partial charge in [0.2, 0.25) is 0 Å². The molecule has 100 valence electrons. The number of sulfone groups is 1. The summed E-state index contributed by atoms with van der Waals surface area (Å²) < 4.78 is 24.3. The molecule has 1 aromatic rings. The predicted octanol–water partition coefficient (Wildman–Crippen LogP) is 1.91. The van der Waals surface area contributed by atoms with Crippen molar-refractivity contribution >= 4 is 9.84 Å². The largest absolute Gasteiger partial charge is 0.317 e. The summed E-state index contributed by atoms with van der Waals surface area (Å²) >= 11 is 0. The Morgan fingerprint density at radius 2 is 1.78 bits per heavy atom. The van der Waals surface area contributed by atoms with E-state index in [-0.39, 0.29) is 5.75 Å². The number of nitrogens with one attached hydrogen (secondary N) is 1. The first-order chi connectivity index (χ1) is 8.55. The molecule has 0 aliphatic carbocycles. The summed E-state index contributed by atoms with van der Waals surface area (Å²) in [6.07, 6.45) is 1.96. The molecule has 1 saturated heterocycles. The third kappa shape index (κ3) is 4.10. The van der Waals surface area contributed by atoms with Crippen LogP contribution in [-0.2, 0) is 15.6 Å². The highest BCUT2D eigenvalue weighted by Crippen LogP contribution is 2.17. The summed E-state index contributed by atoms with van der Waals surface area (Å²) in [5.74, 6) is 0.849. The molecule has 1 heterocycles. The zero-order valence-corrected chi connectivity index (χ0v) is 11.7. The Balaban J connectivity index is 1.96. The van der Waals surface area contributed by atoms with Crippen LogP contribution < -0.4 is 5.32 Å². The summed E-state index contributed by atoms with van der Waals surface area (Å²) in [4.78, 5) is 0. The average Bonchev–Trinajstić information content (AvgIpc) is 2.32. The van der Waals surface area contributed by atoms with Crippen LogP contribution in [0, 0.1) is 12.8 Å². The third-order valence-corrected chi connectivity index (χ3v) is 5.21. The maximum atomic E-state index is 12.1. The Morgan fingerprint density at radius 3 is 2.39 bits per heavy atom. The SMILES string of the molecule is Cc1ccc(CS(=O)(=O)CC2CCNCC2)cc1. The van der Waals surface area contributed by atoms with Crippen LogP contribution in [0.15, 0.2) is 24.3 Å². The van der Waals surface area contributed by atoms with E-state index in [2.05, 4.69) is 5.32 Å². The number of hydrogen-bond acceptors (Lipinski definition) is 3. The van der Waals surface area contributed by atoms with Gasteiger partial charge in [0.05, 0.1) is 11.5 Å². The molecule has 1 aliphatic rings. The fraction of sp³-hybridized carbons (Fsp3) is 0.571. The molecular formula is C14H21NO2S. The highest BCUT2D eigenvalue weighted by molar-refractivity contribution is 7.90. The number of benzene rings is 1. The molecule has 0 unspecified atom stereocenters. The van der Waals surface area contributed by atoms with Crippen LogP contribution in [0.25, 0.3) is 0 Å². The van der Waals surface area contributed by atoms with E-state index < -0.39 is 9.84 Å². The van der Waals surface area contributed by atoms with E-state index in [0.29, 0.717) is 11.7 Å². The lowest BCUT2D eigenvalue weighted by Crippen LogP contribution is -2.31. The smallest absolute Gasteiger partial charge is 0.154 e. The van der Waals surface area contributed by atoms with E-state index in [1.165, 1.54) is 0 Å². The molecule has 1 fully saturated rings. The van der Waals surface area contributed by atoms with Gasteiger partial charge in [0.25, 0.3) is 0 Å². The molecule has 0 amide bonds. The minimum Gasteiger partial charge on any atom is -0.317 e. The van der Waals surface area contributed by atoms with Crippen molar-refractivity contribution in [2.45, 2.75) is 25.5 Å². The number of piperidine rings is 1. The van der Waals surface area contributed by atoms with Gasteiger partial charge in [-0.3, -0.25) is 0 Å². The van der Waals surface area contributed by atoms with Crippen molar-refractivity contribution in [2.24, 2.45) is 5.92 Å². The van der Waals surface area contributed by atoms with Gasteiger partial charge in [-0.1, -0.05) is 29.8 Å². The zero-order valence-electron chi connectivity index (χ0n) is 10.9. The van der Waals surface area contributed by atoms with Crippen LogP contribution in [0.4, 0.5) is 0 Å². The maximum absolute atomic E-state index is 12.1. The van der Waals surface area contributed by atoms with Gasteiger partial charge in [-0.05, 0) is 44.3 Å². The predicted molar refractivity (Wildman–Crippen MR) is 74.3 cm³/mol. The van der Waals surface area contributed by atoms with E-state index in [4.69, 9.17) is 0 Å². The van der Waals surface area contributed by atoms with Crippen molar-refractivity contribution < 1.29 is 8.42 Å². The second-order valence-electron chi connectivity index (χ2n) is 5.23. The van der Waals surface area contributed by atoms with Gasteiger partial charge in [-0.2, -0.15) is 0 Å². The van der Waals surface area contributed by atoms with E-state index in [1.54, 1.807) is 0 Å². The first-order valence-corrected chi connectivity index (χ1v) is 8.34. The number of aryl methyl sites for hydroxylation is 1. The topological polar surface area (TPSA) is 46.2 Å². The van der Waals surface area contributed by atoms with E-state index in [9.17, 15) is 8.42 Å². The summed E-state index contributed by atoms with van der Waals surface area (Å²) in [5, 5.41) is 3.26. The summed E-state index contributed by atoms with van der Waals surface area (Å²) in [5.41, 5.74) is 2.06. The van der Waals surface area contributed by atoms with Crippen molar-refractivity contribution in [3.8, 4) is 0 Å². The van der Waals surface area contributed by atoms with E-state index in [1.807, 2.05) is 31.2 Å². The molecule has 0 bridgehead atoms. The van der Waals surface area contributed by atoms with Crippen molar-refractivity contribution in [3.05, 3.63) is 35.4 Å². The van der Waals surface area contributed by atoms with Crippen molar-refractivity contribution in [1.82, 2.24) is 5.32 Å². The molecule has 4 heteroatoms. The lowest BCUT2D eigenvalue weighted by atomic mass is 10.0. The van der Waals surface area contributed by atoms with Gasteiger partial charge in [0.1, 0.15) is 0 Å². The average molecular weight is 267 g/mol. The number of hydrogen-bond donors (Lipinski definition) is 1. The van der Waals surface area contributed by atoms with Crippen LogP contribution >= 0.6 is 0 Å². The first kappa shape index (κ1) is 13.6. The van der Waals surface area contributed by atoms with Gasteiger partial charge >= 0.3 is 0 Å². The molecule has 0 spiro atoms. The Kier molecular flexibility index (Phi) is 4.40. The zero-order chi connectivity index (χ0) is 13.0. The molecule has 0 aromatic heterocycles. The molecule has 18 heavy (non-hydrogen) atoms. The minimum atomic E-state index is -2.97. The third-order valence-electron chi connectivity index (χ3n) is 3.46. The fourth-order valence-electron chi connectivity index (χ4n) is 2.40. The standard InChI is InChI=1S/C14H21NO2S/c1-12-2-4-13(5-3-12)10-18(16,17)11-14-6-8-15-9-7-14/h2-5,14-15H,6-11H2,1H3. The van der Waals surface area contributed by atoms with Gasteiger partial charge < -0.3 is 5.32 Å². The molecule has 2 rings (SSSR count). The Labute approximate surface area is 110 Å². The fourth-order valence-corrected chi connectivity index (χ4v) is 4.27. The summed E-state index contributed by atoms with van der Waals surface area (Å²) in [6, 6.07) is 7.76. The van der Waals surface area contributed by atoms with Gasteiger partial charge in [-0.15, -0.1) is 0 Å². The van der Waals surface area contributed by atoms with Gasteiger partial charge in [0.15, 0.2) is 9.84 Å². The lowest BCUT2D eigenvalue weighted by Gasteiger charge is -2.22. The van der Waals surface area contributed by atoms with E-state index >= 15 is 0 Å². The van der Waals surface area contributed by atoms with Crippen LogP contribution in [0.5, 0.6) is 0 Å². The molecule has 1 N–H and O–H groups in total. The van der Waals surface area contributed by atoms with Gasteiger partial charge in [-0.25, -0.2) is 8.42 Å². The van der Waals surface area contributed by atoms with Gasteiger partial charge in [0, 0.05) is 0 Å². The Hall–Kier alpha value is -0.870. The molecule has 0 radical (unpaired) electrons. The normalized spacial score (nSPS) is 17.8. The Bertz CT molecular complexity index is 473. The summed E-state index contributed by atoms with van der Waals surface area (Å²) in [6.45, 7) is 3.91. The number of rotatable bonds is 4. The van der Waals surface area contributed by atoms with Crippen LogP contribution in [0.1, 0.15) is 24.0 Å². The molecule has 3 nitrogen and oxygen atoms in total. The lowest BCUT2D eigenvalue weighted by molar-refractivity contribution is 0.401. The van der Waals surface area contributed by atoms with Crippen molar-refractivity contribution in [2.75, 3.05) is 18.8 Å². The quantitative estimate of drug-likeness (QED) is 0.906. The first-order valence-electron chi connectivity index (χ1n) is 6.52. The molecule has 1 aromatic carbocycles. The maximum Gasteiger partial charge on any atom is 0.154 e. The van der Waals surface area contributed by atoms with Crippen molar-refractivity contribution in [3.63, 3.8) is 0 Å². The summed E-state index contributed by atoms with van der Waals surface area (Å²) in [7, 11) is -2.97. The highest BCUT2D eigenvalue weighted by Gasteiger charge is 2.21. The molecule has 1 aliphatic heterocycles. The minimum absolute atomic E-state index is 0.178. The highest BCUT2D eigenvalue weighted by atomic mass is 32.2. The second kappa shape index (κ2) is 5.85. The molecular weight excluding hydrogens is 246 g/mol. The Morgan fingerprint density at radius 1 is 1.17 bits per heavy atom. The molecule has 0 atom stereocenters. The van der Waals surface area contributed by atoms with Crippen LogP contribution in [0.2, 0.25) is 0 Å². The van der Waals surface area contributed by atoms with Crippen LogP contribution in [0.3, 0.4) is 0 Å².